The van der Waals surface area contributed by atoms with Crippen LogP contribution in [0, 0.1) is 22.7 Å². The zero-order chi connectivity index (χ0) is 23.3. The molecule has 1 atom stereocenters. The fourth-order valence-electron chi connectivity index (χ4n) is 3.65. The highest BCUT2D eigenvalue weighted by atomic mass is 35.5. The molecule has 2 amide bonds. The number of alkyl carbamates (subject to hydrolysis) is 1. The molecule has 0 aliphatic heterocycles. The van der Waals surface area contributed by atoms with Crippen LogP contribution in [-0.2, 0) is 21.4 Å². The maximum absolute atomic E-state index is 11.9. The Labute approximate surface area is 194 Å². The number of benzene rings is 2. The van der Waals surface area contributed by atoms with Crippen LogP contribution in [-0.4, -0.2) is 24.3 Å². The van der Waals surface area contributed by atoms with Crippen molar-refractivity contribution in [3.8, 4) is 12.1 Å². The summed E-state index contributed by atoms with van der Waals surface area (Å²) in [6.45, 7) is 1.64. The van der Waals surface area contributed by atoms with Gasteiger partial charge in [-0.2, -0.15) is 15.6 Å². The van der Waals surface area contributed by atoms with Gasteiger partial charge in [-0.1, -0.05) is 47.5 Å². The third-order valence-corrected chi connectivity index (χ3v) is 5.61. The maximum Gasteiger partial charge on any atom is 0.414 e. The van der Waals surface area contributed by atoms with Crippen LogP contribution in [0.5, 0.6) is 0 Å². The van der Waals surface area contributed by atoms with E-state index in [0.717, 1.165) is 17.5 Å². The predicted molar refractivity (Wildman–Crippen MR) is 119 cm³/mol. The lowest BCUT2D eigenvalue weighted by atomic mass is 9.76. The number of nitrogens with zero attached hydrogens (tertiary/aromatic N) is 3. The largest absolute Gasteiger partial charge is 0.450 e. The molecule has 1 unspecified atom stereocenters. The number of rotatable bonds is 5. The summed E-state index contributed by atoms with van der Waals surface area (Å²) in [7, 11) is 0. The predicted octanol–water partition coefficient (Wildman–Crippen LogP) is 4.31. The lowest BCUT2D eigenvalue weighted by Gasteiger charge is -2.25. The summed E-state index contributed by atoms with van der Waals surface area (Å²) in [4.78, 5) is 23.3. The molecule has 0 heterocycles. The summed E-state index contributed by atoms with van der Waals surface area (Å²) in [5.74, 6) is -1.03. The van der Waals surface area contributed by atoms with Crippen molar-refractivity contribution in [1.82, 2.24) is 5.32 Å². The highest BCUT2D eigenvalue weighted by Crippen LogP contribution is 2.49. The molecule has 1 aliphatic rings. The Kier molecular flexibility index (Phi) is 6.99. The first-order valence-corrected chi connectivity index (χ1v) is 10.3. The minimum Gasteiger partial charge on any atom is -0.450 e. The van der Waals surface area contributed by atoms with Gasteiger partial charge in [-0.3, -0.25) is 15.5 Å². The van der Waals surface area contributed by atoms with Crippen LogP contribution in [0.2, 0.25) is 10.0 Å². The first-order chi connectivity index (χ1) is 15.4. The van der Waals surface area contributed by atoms with Gasteiger partial charge >= 0.3 is 6.09 Å². The van der Waals surface area contributed by atoms with Gasteiger partial charge in [0.25, 0.3) is 5.91 Å². The summed E-state index contributed by atoms with van der Waals surface area (Å²) >= 11 is 13.1. The van der Waals surface area contributed by atoms with Crippen LogP contribution in [0.1, 0.15) is 30.0 Å². The van der Waals surface area contributed by atoms with Crippen LogP contribution in [0.15, 0.2) is 41.5 Å². The van der Waals surface area contributed by atoms with E-state index in [0.29, 0.717) is 17.7 Å². The number of amides is 2. The Hall–Kier alpha value is -3.59. The van der Waals surface area contributed by atoms with E-state index in [9.17, 15) is 14.9 Å². The molecule has 0 fully saturated rings. The van der Waals surface area contributed by atoms with Gasteiger partial charge in [-0.05, 0) is 43.0 Å². The van der Waals surface area contributed by atoms with E-state index < -0.39 is 23.1 Å². The smallest absolute Gasteiger partial charge is 0.414 e. The number of ether oxygens (including phenoxy) is 1. The van der Waals surface area contributed by atoms with Crippen molar-refractivity contribution < 1.29 is 14.3 Å². The van der Waals surface area contributed by atoms with E-state index in [2.05, 4.69) is 21.3 Å². The van der Waals surface area contributed by atoms with Crippen molar-refractivity contribution in [3.63, 3.8) is 0 Å². The van der Waals surface area contributed by atoms with Crippen LogP contribution in [0.3, 0.4) is 0 Å². The Bertz CT molecular complexity index is 1180. The molecule has 0 spiro atoms. The second-order valence-electron chi connectivity index (χ2n) is 6.85. The Morgan fingerprint density at radius 2 is 1.91 bits per heavy atom. The lowest BCUT2D eigenvalue weighted by Crippen LogP contribution is -2.36. The quantitative estimate of drug-likeness (QED) is 0.495. The molecule has 32 heavy (non-hydrogen) atoms. The Morgan fingerprint density at radius 1 is 1.22 bits per heavy atom. The summed E-state index contributed by atoms with van der Waals surface area (Å²) in [6, 6.07) is 14.7. The number of hydrogen-bond acceptors (Lipinski definition) is 7. The fraction of sp³-hybridized carbons (Fsp3) is 0.227. The first kappa shape index (κ1) is 23.1. The fourth-order valence-corrected chi connectivity index (χ4v) is 4.46. The number of imide groups is 1. The van der Waals surface area contributed by atoms with E-state index in [1.165, 1.54) is 12.1 Å². The lowest BCUT2D eigenvalue weighted by molar-refractivity contribution is -0.114. The van der Waals surface area contributed by atoms with Gasteiger partial charge in [-0.15, -0.1) is 0 Å². The number of halogens is 2. The molecule has 2 N–H and O–H groups in total. The van der Waals surface area contributed by atoms with Gasteiger partial charge in [0.2, 0.25) is 5.71 Å². The number of carbonyl (C=O) groups excluding carboxylic acids is 2. The van der Waals surface area contributed by atoms with Gasteiger partial charge in [0.1, 0.15) is 11.5 Å². The molecule has 162 valence electrons. The maximum atomic E-state index is 11.9. The van der Waals surface area contributed by atoms with E-state index >= 15 is 0 Å². The van der Waals surface area contributed by atoms with Crippen molar-refractivity contribution in [2.24, 2.45) is 5.10 Å². The van der Waals surface area contributed by atoms with E-state index in [1.807, 2.05) is 29.6 Å². The highest BCUT2D eigenvalue weighted by Gasteiger charge is 2.43. The van der Waals surface area contributed by atoms with Crippen LogP contribution in [0.25, 0.3) is 0 Å². The zero-order valence-corrected chi connectivity index (χ0v) is 18.4. The molecule has 3 rings (SSSR count). The Balaban J connectivity index is 1.89. The second kappa shape index (κ2) is 9.69. The minimum atomic E-state index is -1.03. The summed E-state index contributed by atoms with van der Waals surface area (Å²) in [6.07, 6.45) is 0.274. The second-order valence-corrected chi connectivity index (χ2v) is 7.66. The number of anilines is 1. The van der Waals surface area contributed by atoms with Gasteiger partial charge < -0.3 is 4.74 Å². The number of hydrazone groups is 1. The highest BCUT2D eigenvalue weighted by molar-refractivity contribution is 6.47. The molecular weight excluding hydrogens is 453 g/mol. The summed E-state index contributed by atoms with van der Waals surface area (Å²) in [5, 5.41) is 25.3. The topological polar surface area (TPSA) is 127 Å². The summed E-state index contributed by atoms with van der Waals surface area (Å²) < 4.78 is 4.59. The molecule has 0 saturated carbocycles. The van der Waals surface area contributed by atoms with Crippen molar-refractivity contribution >= 4 is 46.6 Å². The van der Waals surface area contributed by atoms with Crippen molar-refractivity contribution in [3.05, 3.63) is 63.1 Å². The SMILES string of the molecule is CCOC(=O)NC(=O)/C(C#N)=N/Nc1cc(Cl)c(C2(C#N)CCc3ccccc32)c(Cl)c1. The van der Waals surface area contributed by atoms with Crippen molar-refractivity contribution in [2.75, 3.05) is 12.0 Å². The van der Waals surface area contributed by atoms with E-state index in [1.54, 1.807) is 13.0 Å². The van der Waals surface area contributed by atoms with Crippen molar-refractivity contribution in [1.29, 1.82) is 10.5 Å². The standard InChI is InChI=1S/C22H17Cl2N5O3/c1-2-32-21(31)27-20(30)18(11-25)29-28-14-9-16(23)19(17(24)10-14)22(12-26)8-7-13-5-3-4-6-15(13)22/h3-6,9-10,28H,2,7-8H2,1H3,(H,27,30,31)/b29-18+. The molecule has 0 bridgehead atoms. The minimum absolute atomic E-state index is 0.0639. The number of nitriles is 2. The average molecular weight is 470 g/mol. The molecule has 2 aromatic carbocycles. The third-order valence-electron chi connectivity index (χ3n) is 5.02. The summed E-state index contributed by atoms with van der Waals surface area (Å²) in [5.41, 5.74) is 3.66. The number of carbonyl (C=O) groups is 2. The molecule has 0 radical (unpaired) electrons. The zero-order valence-electron chi connectivity index (χ0n) is 16.9. The van der Waals surface area contributed by atoms with Gasteiger partial charge in [-0.25, -0.2) is 4.79 Å². The van der Waals surface area contributed by atoms with Crippen LogP contribution < -0.4 is 10.7 Å². The first-order valence-electron chi connectivity index (χ1n) is 9.57. The van der Waals surface area contributed by atoms with E-state index in [-0.39, 0.29) is 16.7 Å². The normalized spacial score (nSPS) is 17.0. The van der Waals surface area contributed by atoms with E-state index in [4.69, 9.17) is 28.5 Å². The van der Waals surface area contributed by atoms with Gasteiger partial charge in [0, 0.05) is 15.6 Å². The van der Waals surface area contributed by atoms with Crippen LogP contribution >= 0.6 is 23.2 Å². The molecule has 0 saturated heterocycles. The van der Waals surface area contributed by atoms with Crippen LogP contribution in [0.4, 0.5) is 10.5 Å². The molecule has 8 nitrogen and oxygen atoms in total. The molecule has 1 aliphatic carbocycles. The monoisotopic (exact) mass is 469 g/mol. The molecule has 0 aromatic heterocycles. The Morgan fingerprint density at radius 3 is 2.53 bits per heavy atom. The molecule has 10 heteroatoms. The molecular formula is C22H17Cl2N5O3. The number of fused-ring (bicyclic) bond motifs is 1. The molecule has 2 aromatic rings. The van der Waals surface area contributed by atoms with Gasteiger partial charge in [0.05, 0.1) is 18.4 Å². The van der Waals surface area contributed by atoms with Gasteiger partial charge in [0.15, 0.2) is 0 Å². The number of hydrogen-bond donors (Lipinski definition) is 2. The third kappa shape index (κ3) is 4.38. The average Bonchev–Trinajstić information content (AvgIpc) is 3.13. The van der Waals surface area contributed by atoms with Crippen molar-refractivity contribution in [2.45, 2.75) is 25.2 Å². The number of nitrogens with one attached hydrogen (secondary N) is 2. The number of aryl methyl sites for hydroxylation is 1.